The SMILES string of the molecule is Cc1nc2cccc(Cl)n2c1CC#N. The minimum absolute atomic E-state index is 0.330. The van der Waals surface area contributed by atoms with Gasteiger partial charge in [-0.05, 0) is 19.1 Å². The minimum Gasteiger partial charge on any atom is -0.286 e. The highest BCUT2D eigenvalue weighted by molar-refractivity contribution is 6.29. The van der Waals surface area contributed by atoms with Crippen molar-refractivity contribution in [3.63, 3.8) is 0 Å². The highest BCUT2D eigenvalue weighted by Gasteiger charge is 2.09. The minimum atomic E-state index is 0.330. The van der Waals surface area contributed by atoms with Crippen LogP contribution in [-0.4, -0.2) is 9.38 Å². The lowest BCUT2D eigenvalue weighted by Crippen LogP contribution is -1.94. The fourth-order valence-electron chi connectivity index (χ4n) is 1.51. The first-order valence-corrected chi connectivity index (χ1v) is 4.61. The molecule has 3 nitrogen and oxygen atoms in total. The molecule has 0 aliphatic carbocycles. The van der Waals surface area contributed by atoms with E-state index in [2.05, 4.69) is 11.1 Å². The first kappa shape index (κ1) is 9.04. The van der Waals surface area contributed by atoms with Crippen molar-refractivity contribution in [2.75, 3.05) is 0 Å². The van der Waals surface area contributed by atoms with Gasteiger partial charge in [-0.2, -0.15) is 5.26 Å². The van der Waals surface area contributed by atoms with Crippen molar-refractivity contribution in [1.82, 2.24) is 9.38 Å². The standard InChI is InChI=1S/C10H8ClN3/c1-7-8(5-6-12)14-9(11)3-2-4-10(14)13-7/h2-4H,5H2,1H3. The van der Waals surface area contributed by atoms with E-state index in [9.17, 15) is 0 Å². The number of aromatic nitrogens is 2. The van der Waals surface area contributed by atoms with Crippen molar-refractivity contribution in [3.05, 3.63) is 34.7 Å². The van der Waals surface area contributed by atoms with Crippen molar-refractivity contribution >= 4 is 17.2 Å². The molecule has 4 heteroatoms. The fourth-order valence-corrected chi connectivity index (χ4v) is 1.77. The first-order valence-electron chi connectivity index (χ1n) is 4.23. The van der Waals surface area contributed by atoms with E-state index in [-0.39, 0.29) is 0 Å². The lowest BCUT2D eigenvalue weighted by atomic mass is 10.3. The number of nitriles is 1. The van der Waals surface area contributed by atoms with Crippen LogP contribution in [0.25, 0.3) is 5.65 Å². The van der Waals surface area contributed by atoms with Gasteiger partial charge in [0.25, 0.3) is 0 Å². The van der Waals surface area contributed by atoms with E-state index in [1.807, 2.05) is 19.1 Å². The summed E-state index contributed by atoms with van der Waals surface area (Å²) in [5, 5.41) is 9.27. The number of hydrogen-bond acceptors (Lipinski definition) is 2. The molecule has 2 rings (SSSR count). The molecule has 0 fully saturated rings. The van der Waals surface area contributed by atoms with E-state index in [1.54, 1.807) is 10.5 Å². The lowest BCUT2D eigenvalue weighted by Gasteiger charge is -2.00. The maximum Gasteiger partial charge on any atom is 0.138 e. The molecular weight excluding hydrogens is 198 g/mol. The van der Waals surface area contributed by atoms with E-state index in [4.69, 9.17) is 16.9 Å². The quantitative estimate of drug-likeness (QED) is 0.671. The number of fused-ring (bicyclic) bond motifs is 1. The topological polar surface area (TPSA) is 41.1 Å². The third kappa shape index (κ3) is 1.24. The Balaban J connectivity index is 2.81. The summed E-state index contributed by atoms with van der Waals surface area (Å²) in [6.45, 7) is 1.88. The third-order valence-corrected chi connectivity index (χ3v) is 2.43. The molecule has 0 amide bonds. The first-order chi connectivity index (χ1) is 6.74. The predicted molar refractivity (Wildman–Crippen MR) is 54.3 cm³/mol. The van der Waals surface area contributed by atoms with E-state index < -0.39 is 0 Å². The fraction of sp³-hybridized carbons (Fsp3) is 0.200. The average molecular weight is 206 g/mol. The smallest absolute Gasteiger partial charge is 0.138 e. The molecule has 0 radical (unpaired) electrons. The Morgan fingerprint density at radius 3 is 3.07 bits per heavy atom. The lowest BCUT2D eigenvalue weighted by molar-refractivity contribution is 1.04. The molecule has 2 aromatic rings. The zero-order valence-corrected chi connectivity index (χ0v) is 8.41. The van der Waals surface area contributed by atoms with Crippen LogP contribution in [0.15, 0.2) is 18.2 Å². The summed E-state index contributed by atoms with van der Waals surface area (Å²) in [5.41, 5.74) is 2.52. The summed E-state index contributed by atoms with van der Waals surface area (Å²) < 4.78 is 1.81. The molecule has 0 atom stereocenters. The molecular formula is C10H8ClN3. The van der Waals surface area contributed by atoms with E-state index in [0.717, 1.165) is 17.0 Å². The molecule has 0 aromatic carbocycles. The van der Waals surface area contributed by atoms with Crippen LogP contribution < -0.4 is 0 Å². The van der Waals surface area contributed by atoms with Crippen LogP contribution in [0, 0.1) is 18.3 Å². The van der Waals surface area contributed by atoms with Gasteiger partial charge < -0.3 is 0 Å². The molecule has 0 saturated heterocycles. The summed E-state index contributed by atoms with van der Waals surface area (Å²) >= 11 is 6.02. The molecule has 2 aromatic heterocycles. The van der Waals surface area contributed by atoms with Gasteiger partial charge in [-0.25, -0.2) is 4.98 Å². The summed E-state index contributed by atoms with van der Waals surface area (Å²) in [4.78, 5) is 4.32. The third-order valence-electron chi connectivity index (χ3n) is 2.14. The van der Waals surface area contributed by atoms with Crippen LogP contribution in [0.5, 0.6) is 0 Å². The van der Waals surface area contributed by atoms with Crippen LogP contribution in [0.3, 0.4) is 0 Å². The van der Waals surface area contributed by atoms with Crippen LogP contribution in [-0.2, 0) is 6.42 Å². The van der Waals surface area contributed by atoms with Crippen molar-refractivity contribution in [3.8, 4) is 6.07 Å². The zero-order chi connectivity index (χ0) is 10.1. The Labute approximate surface area is 86.6 Å². The second-order valence-electron chi connectivity index (χ2n) is 3.02. The maximum absolute atomic E-state index is 8.68. The summed E-state index contributed by atoms with van der Waals surface area (Å²) in [6.07, 6.45) is 0.330. The molecule has 0 bridgehead atoms. The molecule has 0 spiro atoms. The van der Waals surface area contributed by atoms with Crippen molar-refractivity contribution in [1.29, 1.82) is 5.26 Å². The van der Waals surface area contributed by atoms with Gasteiger partial charge >= 0.3 is 0 Å². The van der Waals surface area contributed by atoms with Crippen LogP contribution in [0.4, 0.5) is 0 Å². The second-order valence-corrected chi connectivity index (χ2v) is 3.41. The van der Waals surface area contributed by atoms with Gasteiger partial charge in [-0.15, -0.1) is 0 Å². The van der Waals surface area contributed by atoms with Gasteiger partial charge in [0.15, 0.2) is 0 Å². The number of imidazole rings is 1. The monoisotopic (exact) mass is 205 g/mol. The molecule has 14 heavy (non-hydrogen) atoms. The number of aryl methyl sites for hydroxylation is 1. The molecule has 0 aliphatic rings. The molecule has 0 N–H and O–H groups in total. The van der Waals surface area contributed by atoms with Gasteiger partial charge in [0.2, 0.25) is 0 Å². The average Bonchev–Trinajstić information content (AvgIpc) is 2.45. The zero-order valence-electron chi connectivity index (χ0n) is 7.66. The van der Waals surface area contributed by atoms with Crippen LogP contribution in [0.2, 0.25) is 5.15 Å². The Morgan fingerprint density at radius 1 is 1.57 bits per heavy atom. The number of hydrogen-bond donors (Lipinski definition) is 0. The largest absolute Gasteiger partial charge is 0.286 e. The number of halogens is 1. The van der Waals surface area contributed by atoms with Crippen molar-refractivity contribution in [2.45, 2.75) is 13.3 Å². The van der Waals surface area contributed by atoms with Gasteiger partial charge in [-0.3, -0.25) is 4.40 Å². The molecule has 0 aliphatic heterocycles. The van der Waals surface area contributed by atoms with Gasteiger partial charge in [0.1, 0.15) is 10.8 Å². The normalized spacial score (nSPS) is 10.4. The second kappa shape index (κ2) is 3.32. The highest BCUT2D eigenvalue weighted by Crippen LogP contribution is 2.18. The highest BCUT2D eigenvalue weighted by atomic mass is 35.5. The van der Waals surface area contributed by atoms with Gasteiger partial charge in [-0.1, -0.05) is 17.7 Å². The van der Waals surface area contributed by atoms with Crippen molar-refractivity contribution in [2.24, 2.45) is 0 Å². The predicted octanol–water partition coefficient (Wildman–Crippen LogP) is 2.36. The van der Waals surface area contributed by atoms with E-state index in [0.29, 0.717) is 11.6 Å². The number of nitrogens with zero attached hydrogens (tertiary/aromatic N) is 3. The molecule has 0 unspecified atom stereocenters. The Bertz CT molecular complexity index is 522. The van der Waals surface area contributed by atoms with Gasteiger partial charge in [0, 0.05) is 0 Å². The van der Waals surface area contributed by atoms with Crippen LogP contribution >= 0.6 is 11.6 Å². The van der Waals surface area contributed by atoms with E-state index >= 15 is 0 Å². The number of rotatable bonds is 1. The van der Waals surface area contributed by atoms with Gasteiger partial charge in [0.05, 0.1) is 23.9 Å². The summed E-state index contributed by atoms with van der Waals surface area (Å²) in [6, 6.07) is 7.62. The Morgan fingerprint density at radius 2 is 2.36 bits per heavy atom. The van der Waals surface area contributed by atoms with Crippen LogP contribution in [0.1, 0.15) is 11.4 Å². The maximum atomic E-state index is 8.68. The Hall–Kier alpha value is -1.53. The summed E-state index contributed by atoms with van der Waals surface area (Å²) in [5.74, 6) is 0. The van der Waals surface area contributed by atoms with Crippen molar-refractivity contribution < 1.29 is 0 Å². The van der Waals surface area contributed by atoms with E-state index in [1.165, 1.54) is 0 Å². The Kier molecular flexibility index (Phi) is 2.14. The molecule has 0 saturated carbocycles. The number of pyridine rings is 1. The molecule has 2 heterocycles. The molecule has 70 valence electrons. The summed E-state index contributed by atoms with van der Waals surface area (Å²) in [7, 11) is 0.